The molecule has 2 aromatic rings. The van der Waals surface area contributed by atoms with E-state index in [1.807, 2.05) is 0 Å². The normalized spacial score (nSPS) is 39.5. The number of aromatic nitrogens is 1. The lowest BCUT2D eigenvalue weighted by molar-refractivity contribution is -0.118. The fourth-order valence-electron chi connectivity index (χ4n) is 7.21. The minimum atomic E-state index is -0.464. The lowest BCUT2D eigenvalue weighted by atomic mass is 9.47. The van der Waals surface area contributed by atoms with Crippen molar-refractivity contribution in [3.05, 3.63) is 35.5 Å². The highest BCUT2D eigenvalue weighted by Gasteiger charge is 2.63. The maximum Gasteiger partial charge on any atom is 0.131 e. The van der Waals surface area contributed by atoms with Gasteiger partial charge in [-0.05, 0) is 61.0 Å². The van der Waals surface area contributed by atoms with Gasteiger partial charge >= 0.3 is 0 Å². The molecule has 1 aromatic carbocycles. The number of benzene rings is 1. The van der Waals surface area contributed by atoms with Gasteiger partial charge in [0.15, 0.2) is 0 Å². The summed E-state index contributed by atoms with van der Waals surface area (Å²) in [6.45, 7) is 6.96. The Balaban J connectivity index is 1.83. The van der Waals surface area contributed by atoms with E-state index in [-0.39, 0.29) is 16.7 Å². The van der Waals surface area contributed by atoms with Gasteiger partial charge in [0.2, 0.25) is 0 Å². The summed E-state index contributed by atoms with van der Waals surface area (Å²) in [5, 5.41) is 12.4. The molecule has 0 bridgehead atoms. The van der Waals surface area contributed by atoms with Crippen LogP contribution in [0.5, 0.6) is 0 Å². The fraction of sp³-hybridized carbons (Fsp3) is 0.609. The van der Waals surface area contributed by atoms with Gasteiger partial charge in [-0.1, -0.05) is 39.0 Å². The zero-order valence-electron chi connectivity index (χ0n) is 16.0. The van der Waals surface area contributed by atoms with Crippen molar-refractivity contribution in [3.8, 4) is 0 Å². The first-order chi connectivity index (χ1) is 12.4. The van der Waals surface area contributed by atoms with Crippen LogP contribution in [0, 0.1) is 23.2 Å². The van der Waals surface area contributed by atoms with Gasteiger partial charge in [-0.25, -0.2) is 0 Å². The minimum Gasteiger partial charge on any atom is -0.373 e. The molecule has 0 amide bonds. The van der Waals surface area contributed by atoms with E-state index in [1.54, 1.807) is 0 Å². The third-order valence-corrected chi connectivity index (χ3v) is 8.67. The molecule has 2 heterocycles. The summed E-state index contributed by atoms with van der Waals surface area (Å²) in [6.07, 6.45) is 5.89. The predicted octanol–water partition coefficient (Wildman–Crippen LogP) is 4.61. The number of aliphatic hydroxyl groups excluding tert-OH is 1. The number of hydrogen-bond donors (Lipinski definition) is 1. The Hall–Kier alpha value is -1.61. The van der Waals surface area contributed by atoms with Crippen LogP contribution >= 0.6 is 0 Å². The van der Waals surface area contributed by atoms with E-state index in [2.05, 4.69) is 49.6 Å². The van der Waals surface area contributed by atoms with E-state index in [1.165, 1.54) is 28.6 Å². The van der Waals surface area contributed by atoms with Crippen LogP contribution in [-0.4, -0.2) is 16.0 Å². The Morgan fingerprint density at radius 1 is 1.23 bits per heavy atom. The molecular weight excluding hydrogens is 322 g/mol. The highest BCUT2D eigenvalue weighted by atomic mass is 16.3. The molecule has 26 heavy (non-hydrogen) atoms. The molecular formula is C23H29NO2. The van der Waals surface area contributed by atoms with Crippen molar-refractivity contribution in [1.82, 2.24) is 4.57 Å². The van der Waals surface area contributed by atoms with Crippen LogP contribution in [0.1, 0.15) is 63.9 Å². The Kier molecular flexibility index (Phi) is 3.32. The number of aldehydes is 1. The number of hydrogen-bond acceptors (Lipinski definition) is 2. The molecule has 3 aliphatic rings. The third-order valence-electron chi connectivity index (χ3n) is 8.67. The van der Waals surface area contributed by atoms with Crippen molar-refractivity contribution in [2.24, 2.45) is 23.2 Å². The van der Waals surface area contributed by atoms with Crippen molar-refractivity contribution < 1.29 is 9.90 Å². The molecule has 6 atom stereocenters. The zero-order chi connectivity index (χ0) is 18.3. The molecule has 3 nitrogen and oxygen atoms in total. The van der Waals surface area contributed by atoms with Crippen molar-refractivity contribution in [2.45, 2.75) is 64.5 Å². The summed E-state index contributed by atoms with van der Waals surface area (Å²) in [5.41, 5.74) is 4.09. The summed E-state index contributed by atoms with van der Waals surface area (Å²) in [5.74, 6) is 1.09. The highest BCUT2D eigenvalue weighted by Crippen LogP contribution is 2.67. The van der Waals surface area contributed by atoms with Gasteiger partial charge < -0.3 is 14.5 Å². The molecule has 138 valence electrons. The number of rotatable bonds is 2. The first-order valence-corrected chi connectivity index (χ1v) is 10.2. The minimum absolute atomic E-state index is 0.0268. The Morgan fingerprint density at radius 3 is 2.77 bits per heavy atom. The third kappa shape index (κ3) is 1.71. The summed E-state index contributed by atoms with van der Waals surface area (Å²) in [7, 11) is 0. The average Bonchev–Trinajstić information content (AvgIpc) is 3.10. The second-order valence-electron chi connectivity index (χ2n) is 9.43. The second kappa shape index (κ2) is 5.22. The second-order valence-corrected chi connectivity index (χ2v) is 9.43. The van der Waals surface area contributed by atoms with Crippen LogP contribution in [0.15, 0.2) is 24.3 Å². The van der Waals surface area contributed by atoms with Crippen LogP contribution in [0.25, 0.3) is 10.9 Å². The van der Waals surface area contributed by atoms with Crippen molar-refractivity contribution in [1.29, 1.82) is 0 Å². The van der Waals surface area contributed by atoms with Gasteiger partial charge in [0, 0.05) is 22.4 Å². The van der Waals surface area contributed by atoms with E-state index in [4.69, 9.17) is 0 Å². The maximum atomic E-state index is 11.7. The molecule has 1 saturated carbocycles. The van der Waals surface area contributed by atoms with Crippen LogP contribution < -0.4 is 0 Å². The van der Waals surface area contributed by atoms with Crippen molar-refractivity contribution >= 4 is 17.2 Å². The summed E-state index contributed by atoms with van der Waals surface area (Å²) in [6, 6.07) is 8.58. The van der Waals surface area contributed by atoms with Gasteiger partial charge in [-0.3, -0.25) is 0 Å². The van der Waals surface area contributed by atoms with E-state index >= 15 is 0 Å². The van der Waals surface area contributed by atoms with Gasteiger partial charge in [0.25, 0.3) is 0 Å². The van der Waals surface area contributed by atoms with Crippen LogP contribution in [0.3, 0.4) is 0 Å². The number of aliphatic hydroxyl groups is 1. The molecule has 0 radical (unpaired) electrons. The first kappa shape index (κ1) is 16.6. The van der Waals surface area contributed by atoms with E-state index in [9.17, 15) is 9.90 Å². The lowest BCUT2D eigenvalue weighted by Gasteiger charge is -2.57. The summed E-state index contributed by atoms with van der Waals surface area (Å²) >= 11 is 0. The van der Waals surface area contributed by atoms with Gasteiger partial charge in [0.1, 0.15) is 12.5 Å². The number of carbonyl (C=O) groups excluding carboxylic acids is 1. The average molecular weight is 351 g/mol. The highest BCUT2D eigenvalue weighted by molar-refractivity contribution is 5.87. The monoisotopic (exact) mass is 351 g/mol. The van der Waals surface area contributed by atoms with Crippen LogP contribution in [0.2, 0.25) is 0 Å². The smallest absolute Gasteiger partial charge is 0.131 e. The molecule has 1 N–H and O–H groups in total. The Labute approximate surface area is 155 Å². The molecule has 2 aliphatic carbocycles. The van der Waals surface area contributed by atoms with Crippen molar-refractivity contribution in [3.63, 3.8) is 0 Å². The molecule has 0 spiro atoms. The van der Waals surface area contributed by atoms with Gasteiger partial charge in [0.05, 0.1) is 5.52 Å². The number of para-hydroxylation sites is 1. The summed E-state index contributed by atoms with van der Waals surface area (Å²) in [4.78, 5) is 11.7. The SMILES string of the molecule is CC(C=O)[C@@H]1CC[C@H]2Cc3c4n(c5ccccc35)C(O)CC[C@]1(C)[C@@]42C. The van der Waals surface area contributed by atoms with E-state index < -0.39 is 6.23 Å². The lowest BCUT2D eigenvalue weighted by Crippen LogP contribution is -2.54. The van der Waals surface area contributed by atoms with Gasteiger partial charge in [-0.2, -0.15) is 0 Å². The topological polar surface area (TPSA) is 42.2 Å². The van der Waals surface area contributed by atoms with Gasteiger partial charge in [-0.15, -0.1) is 0 Å². The Morgan fingerprint density at radius 2 is 2.00 bits per heavy atom. The quantitative estimate of drug-likeness (QED) is 0.803. The predicted molar refractivity (Wildman–Crippen MR) is 103 cm³/mol. The molecule has 2 unspecified atom stereocenters. The van der Waals surface area contributed by atoms with Crippen LogP contribution in [0.4, 0.5) is 0 Å². The van der Waals surface area contributed by atoms with Crippen LogP contribution in [-0.2, 0) is 16.6 Å². The maximum absolute atomic E-state index is 11.7. The largest absolute Gasteiger partial charge is 0.373 e. The molecule has 1 aromatic heterocycles. The molecule has 1 fully saturated rings. The first-order valence-electron chi connectivity index (χ1n) is 10.2. The van der Waals surface area contributed by atoms with E-state index in [0.717, 1.165) is 32.0 Å². The zero-order valence-corrected chi connectivity index (χ0v) is 16.0. The molecule has 3 heteroatoms. The van der Waals surface area contributed by atoms with Crippen molar-refractivity contribution in [2.75, 3.05) is 0 Å². The number of carbonyl (C=O) groups is 1. The summed E-state index contributed by atoms with van der Waals surface area (Å²) < 4.78 is 2.25. The molecule has 0 saturated heterocycles. The number of nitrogens with zero attached hydrogens (tertiary/aromatic N) is 1. The fourth-order valence-corrected chi connectivity index (χ4v) is 7.21. The number of fused-ring (bicyclic) bond motifs is 3. The molecule has 1 aliphatic heterocycles. The van der Waals surface area contributed by atoms with E-state index in [0.29, 0.717) is 11.8 Å². The standard InChI is InChI=1S/C23H29NO2/c1-14(13-25)18-9-8-15-12-17-16-6-4-5-7-19(16)24-20(26)10-11-22(18,2)23(15,3)21(17)24/h4-7,13-15,18,20,26H,8-12H2,1-3H3/t14?,15-,18-,20?,22-,23+/m0/s1. The molecule has 5 rings (SSSR count). The Bertz CT molecular complexity index is 899.